The Kier molecular flexibility index (Phi) is 14.4. The molecule has 0 aliphatic carbocycles. The first kappa shape index (κ1) is 34.6. The molecule has 3 aromatic rings. The number of amides is 2. The highest BCUT2D eigenvalue weighted by Crippen LogP contribution is 2.39. The summed E-state index contributed by atoms with van der Waals surface area (Å²) in [5.74, 6) is 1.02. The molecule has 0 radical (unpaired) electrons. The highest BCUT2D eigenvalue weighted by atomic mass is 32.2. The summed E-state index contributed by atoms with van der Waals surface area (Å²) < 4.78 is 12.8. The van der Waals surface area contributed by atoms with E-state index in [1.807, 2.05) is 60.7 Å². The minimum Gasteiger partial charge on any atom is -0.396 e. The highest BCUT2D eigenvalue weighted by molar-refractivity contribution is 7.99. The molecule has 0 unspecified atom stereocenters. The first-order valence-corrected chi connectivity index (χ1v) is 16.7. The van der Waals surface area contributed by atoms with E-state index in [0.29, 0.717) is 31.6 Å². The maximum Gasteiger partial charge on any atom is 0.243 e. The summed E-state index contributed by atoms with van der Waals surface area (Å²) in [5, 5.41) is 30.3. The molecule has 45 heavy (non-hydrogen) atoms. The third kappa shape index (κ3) is 11.0. The summed E-state index contributed by atoms with van der Waals surface area (Å²) >= 11 is 1.66. The molecule has 2 amide bonds. The van der Waals surface area contributed by atoms with Crippen LogP contribution < -0.4 is 10.8 Å². The minimum atomic E-state index is -0.545. The third-order valence-corrected chi connectivity index (χ3v) is 8.90. The van der Waals surface area contributed by atoms with Crippen molar-refractivity contribution in [2.75, 3.05) is 18.1 Å². The number of aliphatic hydroxyl groups is 2. The van der Waals surface area contributed by atoms with Crippen molar-refractivity contribution in [3.05, 3.63) is 95.1 Å². The number of thioether (sulfide) groups is 1. The number of benzene rings is 3. The van der Waals surface area contributed by atoms with Gasteiger partial charge in [0.05, 0.1) is 25.4 Å². The highest BCUT2D eigenvalue weighted by Gasteiger charge is 2.32. The maximum atomic E-state index is 12.5. The lowest BCUT2D eigenvalue weighted by Crippen LogP contribution is -2.31. The SMILES string of the molecule is O=C(CCCCCCC(=O)NCc1ccccc1-c1ccc([C@H]2O[C@@H](CSCCO)C[C@@H](c3ccc(CO)cc3)O2)cc1)NO. The Hall–Kier alpha value is -3.25. The maximum absolute atomic E-state index is 12.5. The average Bonchev–Trinajstić information content (AvgIpc) is 3.09. The molecular formula is C35H44N2O7S. The van der Waals surface area contributed by atoms with Gasteiger partial charge in [-0.2, -0.15) is 11.8 Å². The van der Waals surface area contributed by atoms with Gasteiger partial charge in [-0.15, -0.1) is 0 Å². The molecule has 5 N–H and O–H groups in total. The van der Waals surface area contributed by atoms with Crippen molar-refractivity contribution >= 4 is 23.6 Å². The Morgan fingerprint density at radius 3 is 2.20 bits per heavy atom. The number of ether oxygens (including phenoxy) is 2. The van der Waals surface area contributed by atoms with Crippen LogP contribution in [0.1, 0.15) is 79.6 Å². The van der Waals surface area contributed by atoms with Crippen LogP contribution in [-0.4, -0.2) is 51.5 Å². The number of hydrogen-bond acceptors (Lipinski definition) is 8. The average molecular weight is 637 g/mol. The van der Waals surface area contributed by atoms with E-state index in [0.717, 1.165) is 58.4 Å². The second kappa shape index (κ2) is 18.7. The zero-order chi connectivity index (χ0) is 31.9. The van der Waals surface area contributed by atoms with Crippen LogP contribution in [0.25, 0.3) is 11.1 Å². The first-order chi connectivity index (χ1) is 22.0. The summed E-state index contributed by atoms with van der Waals surface area (Å²) in [6, 6.07) is 24.0. The molecule has 1 aliphatic rings. The third-order valence-electron chi connectivity index (χ3n) is 7.82. The number of aliphatic hydroxyl groups excluding tert-OH is 2. The number of carbonyl (C=O) groups is 2. The van der Waals surface area contributed by atoms with Crippen molar-refractivity contribution < 1.29 is 34.5 Å². The molecule has 10 heteroatoms. The Morgan fingerprint density at radius 2 is 1.51 bits per heavy atom. The molecule has 1 aliphatic heterocycles. The number of hydrogen-bond donors (Lipinski definition) is 5. The van der Waals surface area contributed by atoms with Gasteiger partial charge in [-0.1, -0.05) is 85.6 Å². The molecule has 242 valence electrons. The second-order valence-corrected chi connectivity index (χ2v) is 12.3. The second-order valence-electron chi connectivity index (χ2n) is 11.2. The van der Waals surface area contributed by atoms with Crippen LogP contribution in [0.5, 0.6) is 0 Å². The Labute approximate surface area is 269 Å². The zero-order valence-corrected chi connectivity index (χ0v) is 26.3. The molecule has 9 nitrogen and oxygen atoms in total. The van der Waals surface area contributed by atoms with Gasteiger partial charge in [-0.05, 0) is 40.7 Å². The topological polar surface area (TPSA) is 137 Å². The number of nitrogens with one attached hydrogen (secondary N) is 2. The summed E-state index contributed by atoms with van der Waals surface area (Å²) in [6.45, 7) is 0.549. The lowest BCUT2D eigenvalue weighted by Gasteiger charge is -2.36. The van der Waals surface area contributed by atoms with Crippen molar-refractivity contribution in [3.8, 4) is 11.1 Å². The first-order valence-electron chi connectivity index (χ1n) is 15.6. The molecule has 0 saturated carbocycles. The molecule has 0 bridgehead atoms. The summed E-state index contributed by atoms with van der Waals surface area (Å²) in [4.78, 5) is 23.6. The van der Waals surface area contributed by atoms with Gasteiger partial charge in [0.15, 0.2) is 6.29 Å². The minimum absolute atomic E-state index is 0.00364. The van der Waals surface area contributed by atoms with Gasteiger partial charge >= 0.3 is 0 Å². The van der Waals surface area contributed by atoms with E-state index >= 15 is 0 Å². The molecule has 1 fully saturated rings. The van der Waals surface area contributed by atoms with Crippen LogP contribution in [-0.2, 0) is 32.2 Å². The van der Waals surface area contributed by atoms with E-state index in [1.54, 1.807) is 17.2 Å². The molecule has 1 heterocycles. The van der Waals surface area contributed by atoms with E-state index in [1.165, 1.54) is 0 Å². The molecule has 0 aromatic heterocycles. The van der Waals surface area contributed by atoms with E-state index in [4.69, 9.17) is 14.7 Å². The van der Waals surface area contributed by atoms with E-state index in [9.17, 15) is 19.8 Å². The van der Waals surface area contributed by atoms with Gasteiger partial charge in [0.25, 0.3) is 0 Å². The number of unbranched alkanes of at least 4 members (excludes halogenated alkanes) is 3. The number of hydroxylamine groups is 1. The van der Waals surface area contributed by atoms with E-state index < -0.39 is 6.29 Å². The molecular weight excluding hydrogens is 592 g/mol. The van der Waals surface area contributed by atoms with Crippen LogP contribution >= 0.6 is 11.8 Å². The number of rotatable bonds is 17. The molecule has 4 rings (SSSR count). The standard InChI is InChI=1S/C35H44N2O7S/c38-19-20-45-24-30-21-32(27-13-11-25(23-39)12-14-27)44-35(43-30)28-17-15-26(16-18-28)31-8-6-5-7-29(31)22-36-33(40)9-3-1-2-4-10-34(41)37-42/h5-8,11-18,30,32,35,38-39,42H,1-4,9-10,19-24H2,(H,36,40)(H,37,41)/t30-,32+,35+/m1/s1. The van der Waals surface area contributed by atoms with Crippen LogP contribution in [0.15, 0.2) is 72.8 Å². The van der Waals surface area contributed by atoms with Gasteiger partial charge in [-0.25, -0.2) is 5.48 Å². The van der Waals surface area contributed by atoms with Gasteiger partial charge in [0.1, 0.15) is 0 Å². The lowest BCUT2D eigenvalue weighted by molar-refractivity contribution is -0.245. The summed E-state index contributed by atoms with van der Waals surface area (Å²) in [6.07, 6.45) is 3.78. The van der Waals surface area contributed by atoms with E-state index in [2.05, 4.69) is 17.4 Å². The van der Waals surface area contributed by atoms with Crippen molar-refractivity contribution in [3.63, 3.8) is 0 Å². The van der Waals surface area contributed by atoms with Gasteiger partial charge in [-0.3, -0.25) is 14.8 Å². The van der Waals surface area contributed by atoms with Crippen LogP contribution in [0.4, 0.5) is 0 Å². The molecule has 3 atom stereocenters. The fraction of sp³-hybridized carbons (Fsp3) is 0.429. The fourth-order valence-corrected chi connectivity index (χ4v) is 6.11. The van der Waals surface area contributed by atoms with Gasteiger partial charge in [0, 0.05) is 42.9 Å². The Bertz CT molecular complexity index is 1340. The van der Waals surface area contributed by atoms with Crippen molar-refractivity contribution in [1.82, 2.24) is 10.8 Å². The largest absolute Gasteiger partial charge is 0.396 e. The smallest absolute Gasteiger partial charge is 0.243 e. The lowest BCUT2D eigenvalue weighted by atomic mass is 9.97. The van der Waals surface area contributed by atoms with E-state index in [-0.39, 0.29) is 43.7 Å². The van der Waals surface area contributed by atoms with Crippen molar-refractivity contribution in [1.29, 1.82) is 0 Å². The number of carbonyl (C=O) groups excluding carboxylic acids is 2. The van der Waals surface area contributed by atoms with Gasteiger partial charge in [0.2, 0.25) is 11.8 Å². The fourth-order valence-electron chi connectivity index (χ4n) is 5.34. The molecule has 3 aromatic carbocycles. The predicted octanol–water partition coefficient (Wildman–Crippen LogP) is 5.58. The quantitative estimate of drug-likeness (QED) is 0.0736. The van der Waals surface area contributed by atoms with Crippen molar-refractivity contribution in [2.45, 2.75) is 76.6 Å². The monoisotopic (exact) mass is 636 g/mol. The van der Waals surface area contributed by atoms with Crippen LogP contribution in [0, 0.1) is 0 Å². The Morgan fingerprint density at radius 1 is 0.822 bits per heavy atom. The van der Waals surface area contributed by atoms with Crippen LogP contribution in [0.3, 0.4) is 0 Å². The Balaban J connectivity index is 1.36. The summed E-state index contributed by atoms with van der Waals surface area (Å²) in [7, 11) is 0. The summed E-state index contributed by atoms with van der Waals surface area (Å²) in [5.41, 5.74) is 7.52. The molecule has 0 spiro atoms. The zero-order valence-electron chi connectivity index (χ0n) is 25.5. The van der Waals surface area contributed by atoms with Crippen molar-refractivity contribution in [2.24, 2.45) is 0 Å². The van der Waals surface area contributed by atoms with Gasteiger partial charge < -0.3 is 25.0 Å². The normalized spacial score (nSPS) is 18.0. The molecule has 1 saturated heterocycles. The van der Waals surface area contributed by atoms with Crippen LogP contribution in [0.2, 0.25) is 0 Å². The predicted molar refractivity (Wildman–Crippen MR) is 174 cm³/mol.